The molecule has 0 saturated heterocycles. The van der Waals surface area contributed by atoms with Crippen molar-refractivity contribution in [3.8, 4) is 11.5 Å². The molecule has 0 radical (unpaired) electrons. The van der Waals surface area contributed by atoms with Gasteiger partial charge >= 0.3 is 0 Å². The molecule has 0 fully saturated rings. The molecular weight excluding hydrogens is 272 g/mol. The zero-order valence-corrected chi connectivity index (χ0v) is 11.6. The lowest BCUT2D eigenvalue weighted by Gasteiger charge is -2.07. The second-order valence-electron chi connectivity index (χ2n) is 4.48. The van der Waals surface area contributed by atoms with E-state index in [1.165, 1.54) is 0 Å². The van der Waals surface area contributed by atoms with Gasteiger partial charge in [-0.05, 0) is 35.4 Å². The lowest BCUT2D eigenvalue weighted by atomic mass is 10.2. The SMILES string of the molecule is Oc1cccc(COCOCOCc2cccc(O)c2)c1. The number of ether oxygens (including phenoxy) is 3. The van der Waals surface area contributed by atoms with Gasteiger partial charge in [-0.3, -0.25) is 0 Å². The summed E-state index contributed by atoms with van der Waals surface area (Å²) in [4.78, 5) is 0. The first-order valence-corrected chi connectivity index (χ1v) is 6.53. The molecule has 2 aromatic rings. The minimum atomic E-state index is 0.107. The van der Waals surface area contributed by atoms with Crippen LogP contribution in [0.2, 0.25) is 0 Å². The molecule has 0 aliphatic heterocycles. The van der Waals surface area contributed by atoms with E-state index in [0.29, 0.717) is 13.2 Å². The first-order chi connectivity index (χ1) is 10.2. The number of hydrogen-bond acceptors (Lipinski definition) is 5. The highest BCUT2D eigenvalue weighted by Crippen LogP contribution is 2.12. The van der Waals surface area contributed by atoms with Crippen molar-refractivity contribution in [3.05, 3.63) is 59.7 Å². The van der Waals surface area contributed by atoms with Crippen LogP contribution >= 0.6 is 0 Å². The molecule has 5 heteroatoms. The molecule has 0 aliphatic rings. The molecule has 5 nitrogen and oxygen atoms in total. The summed E-state index contributed by atoms with van der Waals surface area (Å²) in [7, 11) is 0. The fourth-order valence-corrected chi connectivity index (χ4v) is 1.76. The molecular formula is C16H18O5. The topological polar surface area (TPSA) is 68.2 Å². The second-order valence-corrected chi connectivity index (χ2v) is 4.48. The van der Waals surface area contributed by atoms with Crippen LogP contribution in [0.3, 0.4) is 0 Å². The molecule has 0 atom stereocenters. The third-order valence-electron chi connectivity index (χ3n) is 2.69. The highest BCUT2D eigenvalue weighted by molar-refractivity contribution is 5.27. The predicted octanol–water partition coefficient (Wildman–Crippen LogP) is 2.76. The van der Waals surface area contributed by atoms with Crippen molar-refractivity contribution in [1.82, 2.24) is 0 Å². The van der Waals surface area contributed by atoms with Gasteiger partial charge in [0.25, 0.3) is 0 Å². The summed E-state index contributed by atoms with van der Waals surface area (Å²) in [5, 5.41) is 18.6. The standard InChI is InChI=1S/C16H18O5/c17-15-5-1-3-13(7-15)9-19-11-21-12-20-10-14-4-2-6-16(18)8-14/h1-8,17-18H,9-12H2. The number of phenolic OH excluding ortho intramolecular Hbond substituents is 2. The number of aromatic hydroxyl groups is 2. The average molecular weight is 290 g/mol. The third-order valence-corrected chi connectivity index (χ3v) is 2.69. The number of rotatable bonds is 8. The molecule has 0 amide bonds. The van der Waals surface area contributed by atoms with E-state index in [-0.39, 0.29) is 25.1 Å². The van der Waals surface area contributed by atoms with Crippen molar-refractivity contribution >= 4 is 0 Å². The summed E-state index contributed by atoms with van der Waals surface area (Å²) in [6.07, 6.45) is 0. The van der Waals surface area contributed by atoms with Gasteiger partial charge in [-0.1, -0.05) is 24.3 Å². The Morgan fingerprint density at radius 2 is 1.14 bits per heavy atom. The molecule has 112 valence electrons. The normalized spacial score (nSPS) is 10.7. The van der Waals surface area contributed by atoms with Crippen molar-refractivity contribution in [1.29, 1.82) is 0 Å². The van der Waals surface area contributed by atoms with Crippen LogP contribution in [0.1, 0.15) is 11.1 Å². The zero-order chi connectivity index (χ0) is 14.9. The molecule has 2 aromatic carbocycles. The first-order valence-electron chi connectivity index (χ1n) is 6.53. The molecule has 0 aliphatic carbocycles. The minimum Gasteiger partial charge on any atom is -0.508 e. The van der Waals surface area contributed by atoms with E-state index in [0.717, 1.165) is 11.1 Å². The van der Waals surface area contributed by atoms with E-state index < -0.39 is 0 Å². The van der Waals surface area contributed by atoms with Crippen molar-refractivity contribution in [2.24, 2.45) is 0 Å². The van der Waals surface area contributed by atoms with Crippen molar-refractivity contribution < 1.29 is 24.4 Å². The molecule has 0 unspecified atom stereocenters. The Morgan fingerprint density at radius 3 is 1.57 bits per heavy atom. The van der Waals surface area contributed by atoms with E-state index in [2.05, 4.69) is 0 Å². The molecule has 0 heterocycles. The Labute approximate surface area is 123 Å². The van der Waals surface area contributed by atoms with Crippen LogP contribution in [-0.2, 0) is 27.4 Å². The fraction of sp³-hybridized carbons (Fsp3) is 0.250. The maximum Gasteiger partial charge on any atom is 0.150 e. The average Bonchev–Trinajstić information content (AvgIpc) is 2.46. The van der Waals surface area contributed by atoms with Crippen LogP contribution in [0.4, 0.5) is 0 Å². The molecule has 0 aromatic heterocycles. The largest absolute Gasteiger partial charge is 0.508 e. The first kappa shape index (κ1) is 15.3. The van der Waals surface area contributed by atoms with E-state index >= 15 is 0 Å². The van der Waals surface area contributed by atoms with Gasteiger partial charge < -0.3 is 24.4 Å². The van der Waals surface area contributed by atoms with Crippen LogP contribution in [0.15, 0.2) is 48.5 Å². The van der Waals surface area contributed by atoms with Gasteiger partial charge in [-0.25, -0.2) is 0 Å². The van der Waals surface area contributed by atoms with E-state index in [1.807, 2.05) is 12.1 Å². The van der Waals surface area contributed by atoms with Gasteiger partial charge in [0.05, 0.1) is 13.2 Å². The summed E-state index contributed by atoms with van der Waals surface area (Å²) >= 11 is 0. The van der Waals surface area contributed by atoms with Crippen LogP contribution in [-0.4, -0.2) is 23.8 Å². The Balaban J connectivity index is 1.54. The van der Waals surface area contributed by atoms with E-state index in [4.69, 9.17) is 14.2 Å². The smallest absolute Gasteiger partial charge is 0.150 e. The molecule has 2 rings (SSSR count). The Hall–Kier alpha value is -2.08. The number of hydrogen-bond donors (Lipinski definition) is 2. The lowest BCUT2D eigenvalue weighted by molar-refractivity contribution is -0.139. The predicted molar refractivity (Wildman–Crippen MR) is 76.6 cm³/mol. The Morgan fingerprint density at radius 1 is 0.667 bits per heavy atom. The van der Waals surface area contributed by atoms with Crippen LogP contribution < -0.4 is 0 Å². The fourth-order valence-electron chi connectivity index (χ4n) is 1.76. The summed E-state index contributed by atoms with van der Waals surface area (Å²) in [5.74, 6) is 0.429. The van der Waals surface area contributed by atoms with Crippen molar-refractivity contribution in [2.45, 2.75) is 13.2 Å². The van der Waals surface area contributed by atoms with Crippen LogP contribution in [0.25, 0.3) is 0 Å². The van der Waals surface area contributed by atoms with Gasteiger partial charge in [-0.2, -0.15) is 0 Å². The highest BCUT2D eigenvalue weighted by Gasteiger charge is 1.97. The van der Waals surface area contributed by atoms with Gasteiger partial charge in [0.15, 0.2) is 0 Å². The van der Waals surface area contributed by atoms with Crippen LogP contribution in [0, 0.1) is 0 Å². The zero-order valence-electron chi connectivity index (χ0n) is 11.6. The van der Waals surface area contributed by atoms with Crippen molar-refractivity contribution in [3.63, 3.8) is 0 Å². The Bertz CT molecular complexity index is 506. The number of phenols is 2. The molecule has 0 bridgehead atoms. The quantitative estimate of drug-likeness (QED) is 0.578. The van der Waals surface area contributed by atoms with Gasteiger partial charge in [0, 0.05) is 0 Å². The van der Waals surface area contributed by atoms with Gasteiger partial charge in [0.2, 0.25) is 0 Å². The second kappa shape index (κ2) is 8.26. The van der Waals surface area contributed by atoms with Gasteiger partial charge in [-0.15, -0.1) is 0 Å². The third kappa shape index (κ3) is 5.83. The molecule has 0 spiro atoms. The summed E-state index contributed by atoms with van der Waals surface area (Å²) in [6, 6.07) is 13.7. The maximum atomic E-state index is 9.29. The van der Waals surface area contributed by atoms with Crippen LogP contribution in [0.5, 0.6) is 11.5 Å². The van der Waals surface area contributed by atoms with E-state index in [1.54, 1.807) is 36.4 Å². The lowest BCUT2D eigenvalue weighted by Crippen LogP contribution is -2.04. The molecule has 2 N–H and O–H groups in total. The highest BCUT2D eigenvalue weighted by atomic mass is 16.7. The summed E-state index contributed by atoms with van der Waals surface area (Å²) < 4.78 is 15.8. The summed E-state index contributed by atoms with van der Waals surface area (Å²) in [5.41, 5.74) is 1.75. The monoisotopic (exact) mass is 290 g/mol. The maximum absolute atomic E-state index is 9.29. The Kier molecular flexibility index (Phi) is 6.02. The van der Waals surface area contributed by atoms with Gasteiger partial charge in [0.1, 0.15) is 25.1 Å². The van der Waals surface area contributed by atoms with Crippen molar-refractivity contribution in [2.75, 3.05) is 13.6 Å². The minimum absolute atomic E-state index is 0.107. The number of benzene rings is 2. The van der Waals surface area contributed by atoms with E-state index in [9.17, 15) is 10.2 Å². The molecule has 0 saturated carbocycles. The molecule has 21 heavy (non-hydrogen) atoms. The summed E-state index contributed by atoms with van der Waals surface area (Å²) in [6.45, 7) is 0.938.